The van der Waals surface area contributed by atoms with E-state index in [9.17, 15) is 76.6 Å². The zero-order chi connectivity index (χ0) is 58.8. The summed E-state index contributed by atoms with van der Waals surface area (Å²) in [5.74, 6) is -9.01. The fourth-order valence-electron chi connectivity index (χ4n) is 8.35. The Balaban J connectivity index is 1.69. The number of nitrogens with two attached hydrogens (primary N) is 2. The van der Waals surface area contributed by atoms with Gasteiger partial charge in [0.15, 0.2) is 5.96 Å². The van der Waals surface area contributed by atoms with Gasteiger partial charge in [0, 0.05) is 77.1 Å². The van der Waals surface area contributed by atoms with Crippen molar-refractivity contribution in [3.63, 3.8) is 0 Å². The van der Waals surface area contributed by atoms with Crippen molar-refractivity contribution in [1.82, 2.24) is 46.6 Å². The number of amides is 5. The molecule has 2 saturated heterocycles. The fraction of sp³-hybridized carbons (Fsp3) is 0.652. The van der Waals surface area contributed by atoms with E-state index in [1.54, 1.807) is 45.0 Å². The van der Waals surface area contributed by atoms with E-state index in [0.29, 0.717) is 12.0 Å². The van der Waals surface area contributed by atoms with Crippen molar-refractivity contribution >= 4 is 81.3 Å². The molecule has 2 aliphatic heterocycles. The first-order valence-electron chi connectivity index (χ1n) is 25.7. The molecule has 2 aliphatic rings. The molecule has 0 aliphatic carbocycles. The second-order valence-electron chi connectivity index (χ2n) is 19.5. The average Bonchev–Trinajstić information content (AvgIpc) is 3.44. The highest BCUT2D eigenvalue weighted by Gasteiger charge is 2.34. The Morgan fingerprint density at radius 2 is 1.05 bits per heavy atom. The molecule has 33 heteroatoms. The number of ketones is 1. The molecule has 16 N–H and O–H groups in total. The van der Waals surface area contributed by atoms with Crippen LogP contribution in [0.4, 0.5) is 0 Å². The number of unbranched alkanes of at least 4 members (excludes halogenated alkanes) is 1. The lowest BCUT2D eigenvalue weighted by Crippen LogP contribution is -2.58. The normalized spacial score (nSPS) is 22.1. The minimum atomic E-state index is -4.06. The summed E-state index contributed by atoms with van der Waals surface area (Å²) in [6, 6.07) is 2.81. The van der Waals surface area contributed by atoms with Crippen molar-refractivity contribution < 1.29 is 86.8 Å². The van der Waals surface area contributed by atoms with Crippen LogP contribution < -0.4 is 43.4 Å². The second kappa shape index (κ2) is 33.8. The van der Waals surface area contributed by atoms with Crippen LogP contribution in [0.25, 0.3) is 0 Å². The Hall–Kier alpha value is -5.67. The van der Waals surface area contributed by atoms with Crippen LogP contribution in [0.3, 0.4) is 0 Å². The Kier molecular flexibility index (Phi) is 28.9. The third-order valence-corrected chi connectivity index (χ3v) is 17.8. The molecule has 0 radical (unpaired) electrons. The number of hydrogen-bond donors (Lipinski definition) is 14. The summed E-state index contributed by atoms with van der Waals surface area (Å²) in [5, 5.41) is 43.1. The van der Waals surface area contributed by atoms with Crippen LogP contribution in [0.1, 0.15) is 63.4 Å². The summed E-state index contributed by atoms with van der Waals surface area (Å²) in [4.78, 5) is 156. The van der Waals surface area contributed by atoms with Crippen LogP contribution in [0.5, 0.6) is 0 Å². The van der Waals surface area contributed by atoms with E-state index in [1.165, 1.54) is 0 Å². The van der Waals surface area contributed by atoms with Crippen LogP contribution in [-0.4, -0.2) is 231 Å². The van der Waals surface area contributed by atoms with E-state index >= 15 is 0 Å². The van der Waals surface area contributed by atoms with Crippen molar-refractivity contribution in [2.45, 2.75) is 88.4 Å². The summed E-state index contributed by atoms with van der Waals surface area (Å²) >= 11 is 0. The Morgan fingerprint density at radius 3 is 1.54 bits per heavy atom. The van der Waals surface area contributed by atoms with E-state index in [4.69, 9.17) is 21.7 Å². The molecule has 5 amide bonds. The van der Waals surface area contributed by atoms with Gasteiger partial charge < -0.3 is 73.4 Å². The molecule has 0 spiro atoms. The van der Waals surface area contributed by atoms with E-state index in [1.807, 2.05) is 0 Å². The summed E-state index contributed by atoms with van der Waals surface area (Å²) < 4.78 is 39.5. The van der Waals surface area contributed by atoms with Gasteiger partial charge in [-0.15, -0.1) is 0 Å². The van der Waals surface area contributed by atoms with Crippen molar-refractivity contribution in [3.05, 3.63) is 35.9 Å². The number of benzene rings is 1. The number of nitrogens with zero attached hydrogens (tertiary/aromatic N) is 4. The summed E-state index contributed by atoms with van der Waals surface area (Å²) in [6.07, 6.45) is -4.35. The molecule has 7 unspecified atom stereocenters. The molecular weight excluding hydrogens is 1100 g/mol. The molecule has 0 aromatic heterocycles. The van der Waals surface area contributed by atoms with Gasteiger partial charge in [-0.05, 0) is 44.2 Å². The third-order valence-electron chi connectivity index (χ3n) is 12.5. The third kappa shape index (κ3) is 28.9. The van der Waals surface area contributed by atoms with Gasteiger partial charge in [0.05, 0.1) is 51.2 Å². The minimum Gasteiger partial charge on any atom is -0.481 e. The number of rotatable bonds is 30. The molecule has 0 bridgehead atoms. The number of guanidine groups is 1. The fourth-order valence-corrected chi connectivity index (χ4v) is 13.2. The smallest absolute Gasteiger partial charge is 0.305 e. The molecule has 0 saturated carbocycles. The second-order valence-corrected chi connectivity index (χ2v) is 26.8. The zero-order valence-electron chi connectivity index (χ0n) is 43.9. The zero-order valence-corrected chi connectivity index (χ0v) is 46.6. The highest BCUT2D eigenvalue weighted by Crippen LogP contribution is 2.44. The molecule has 2 heterocycles. The number of carboxylic acid groups (broad SMARTS) is 3. The highest BCUT2D eigenvalue weighted by atomic mass is 31.2. The quantitative estimate of drug-likeness (QED) is 0.0159. The standard InChI is InChI=1S/C46H77N12O18P3/c47-46(48)50-15-6-10-34-42(67)51-28-38(60)52-37(26-41(65)66)45(70)55-36(25-32-7-2-1-3-8-32)44(69)54-35(43(68)53-34)9-4-5-14-49-27-33(59)11-22-77(71,72)29-56-16-18-57(30-78(73,74)23-12-39(61)62)20-21-58(19-17-56)31-79(75,76)24-13-40(63)64/h1-3,7-8,34-37,49H,4-6,9-31H2,(H,51,67)(H,52,60)(H,53,68)(H,54,69)(H,55,70)(H,61,62)(H,63,64)(H,65,66)(H,71,72)(H,73,74)(H,75,76)(H4,47,48,50). The molecule has 444 valence electrons. The maximum atomic E-state index is 14.1. The van der Waals surface area contributed by atoms with Crippen LogP contribution in [0.15, 0.2) is 35.3 Å². The van der Waals surface area contributed by atoms with E-state index in [0.717, 1.165) is 0 Å². The van der Waals surface area contributed by atoms with E-state index in [-0.39, 0.29) is 103 Å². The van der Waals surface area contributed by atoms with Gasteiger partial charge in [-0.25, -0.2) is 0 Å². The van der Waals surface area contributed by atoms with Crippen LogP contribution in [0.2, 0.25) is 0 Å². The number of hydrogen-bond acceptors (Lipinski definition) is 17. The van der Waals surface area contributed by atoms with Gasteiger partial charge in [0.2, 0.25) is 51.6 Å². The molecular formula is C46H77N12O18P3. The van der Waals surface area contributed by atoms with Gasteiger partial charge >= 0.3 is 17.9 Å². The number of aliphatic imine (C=N–C) groups is 1. The van der Waals surface area contributed by atoms with Gasteiger partial charge in [0.1, 0.15) is 30.0 Å². The molecule has 79 heavy (non-hydrogen) atoms. The number of carbonyl (C=O) groups excluding carboxylic acids is 6. The SMILES string of the molecule is NC(N)=NCCCC1NC(=O)C(CCCCNCC(=O)CCP(=O)(O)CN2CCN(CP(=O)(O)CCC(=O)O)CCN(CP(=O)(O)CCC(=O)O)CC2)NC(=O)C(Cc2ccccc2)NC(=O)C(CC(=O)O)NC(=O)CNC1=O. The minimum absolute atomic E-state index is 0.0290. The molecule has 1 aromatic carbocycles. The summed E-state index contributed by atoms with van der Waals surface area (Å²) in [6.45, 7) is -0.0153. The van der Waals surface area contributed by atoms with Crippen molar-refractivity contribution in [2.24, 2.45) is 16.5 Å². The average molecular weight is 1180 g/mol. The van der Waals surface area contributed by atoms with Gasteiger partial charge in [-0.1, -0.05) is 30.3 Å². The topological polar surface area (TPSA) is 473 Å². The van der Waals surface area contributed by atoms with Crippen LogP contribution in [0, 0.1) is 0 Å². The number of nitrogens with one attached hydrogen (secondary N) is 6. The van der Waals surface area contributed by atoms with Crippen molar-refractivity contribution in [3.8, 4) is 0 Å². The lowest BCUT2D eigenvalue weighted by atomic mass is 10.0. The van der Waals surface area contributed by atoms with Crippen LogP contribution >= 0.6 is 22.1 Å². The van der Waals surface area contributed by atoms with E-state index in [2.05, 4.69) is 36.9 Å². The summed E-state index contributed by atoms with van der Waals surface area (Å²) in [5.41, 5.74) is 11.4. The number of aliphatic carboxylic acids is 3. The number of carbonyl (C=O) groups is 9. The first-order valence-corrected chi connectivity index (χ1v) is 31.7. The Bertz CT molecular complexity index is 2390. The predicted octanol–water partition coefficient (Wildman–Crippen LogP) is -2.90. The van der Waals surface area contributed by atoms with Gasteiger partial charge in [-0.2, -0.15) is 0 Å². The molecule has 30 nitrogen and oxygen atoms in total. The first kappa shape index (κ1) is 67.6. The maximum absolute atomic E-state index is 14.1. The van der Waals surface area contributed by atoms with Crippen molar-refractivity contribution in [1.29, 1.82) is 0 Å². The van der Waals surface area contributed by atoms with Crippen LogP contribution in [-0.2, 0) is 63.3 Å². The monoisotopic (exact) mass is 1180 g/mol. The lowest BCUT2D eigenvalue weighted by molar-refractivity contribution is -0.141. The molecule has 1 aromatic rings. The predicted molar refractivity (Wildman–Crippen MR) is 287 cm³/mol. The first-order chi connectivity index (χ1) is 37.1. The lowest BCUT2D eigenvalue weighted by Gasteiger charge is -2.28. The molecule has 2 fully saturated rings. The molecule has 7 atom stereocenters. The van der Waals surface area contributed by atoms with Crippen molar-refractivity contribution in [2.75, 3.05) is 103 Å². The number of Topliss-reactive ketones (excluding diaryl/α,β-unsaturated/α-hetero) is 1. The number of carboxylic acids is 3. The Morgan fingerprint density at radius 1 is 0.595 bits per heavy atom. The molecule has 3 rings (SSSR count). The highest BCUT2D eigenvalue weighted by molar-refractivity contribution is 7.58. The van der Waals surface area contributed by atoms with Gasteiger partial charge in [0.25, 0.3) is 0 Å². The maximum Gasteiger partial charge on any atom is 0.305 e. The Labute approximate surface area is 457 Å². The van der Waals surface area contributed by atoms with Gasteiger partial charge in [-0.3, -0.25) is 76.5 Å². The summed E-state index contributed by atoms with van der Waals surface area (Å²) in [7, 11) is -12.0. The largest absolute Gasteiger partial charge is 0.481 e. The van der Waals surface area contributed by atoms with E-state index < -0.39 is 163 Å².